The highest BCUT2D eigenvalue weighted by atomic mass is 35.5. The molecule has 27 heavy (non-hydrogen) atoms. The third kappa shape index (κ3) is 3.24. The fourth-order valence-corrected chi connectivity index (χ4v) is 3.45. The van der Waals surface area contributed by atoms with Crippen LogP contribution in [0.15, 0.2) is 42.0 Å². The van der Waals surface area contributed by atoms with Crippen molar-refractivity contribution < 1.29 is 19.1 Å². The van der Waals surface area contributed by atoms with Crippen molar-refractivity contribution in [3.8, 4) is 0 Å². The number of carbonyl (C=O) groups excluding carboxylic acids is 3. The van der Waals surface area contributed by atoms with Crippen LogP contribution >= 0.6 is 23.2 Å². The molecule has 1 heterocycles. The molecule has 2 aliphatic rings. The third-order valence-electron chi connectivity index (χ3n) is 4.71. The van der Waals surface area contributed by atoms with Crippen molar-refractivity contribution in [1.29, 1.82) is 0 Å². The van der Waals surface area contributed by atoms with Gasteiger partial charge < -0.3 is 4.74 Å². The van der Waals surface area contributed by atoms with E-state index in [0.29, 0.717) is 17.0 Å². The van der Waals surface area contributed by atoms with Gasteiger partial charge in [0.15, 0.2) is 0 Å². The molecule has 1 atom stereocenters. The molecule has 0 N–H and O–H groups in total. The molecule has 1 radical (unpaired) electrons. The van der Waals surface area contributed by atoms with E-state index in [1.165, 1.54) is 30.2 Å². The number of imide groups is 1. The zero-order valence-electron chi connectivity index (χ0n) is 14.7. The number of esters is 1. The summed E-state index contributed by atoms with van der Waals surface area (Å²) >= 11 is 12.0. The molecule has 8 heteroatoms. The summed E-state index contributed by atoms with van der Waals surface area (Å²) in [6.07, 6.45) is 7.98. The van der Waals surface area contributed by atoms with Gasteiger partial charge in [0, 0.05) is 0 Å². The third-order valence-corrected chi connectivity index (χ3v) is 5.44. The van der Waals surface area contributed by atoms with Crippen LogP contribution in [0, 0.1) is 6.42 Å². The molecule has 1 unspecified atom stereocenters. The number of hydrogen-bond donors (Lipinski definition) is 0. The van der Waals surface area contributed by atoms with Crippen molar-refractivity contribution in [3.05, 3.63) is 58.5 Å². The zero-order valence-corrected chi connectivity index (χ0v) is 16.3. The second-order valence-electron chi connectivity index (χ2n) is 6.25. The molecule has 1 fully saturated rings. The fourth-order valence-electron chi connectivity index (χ4n) is 3.16. The Morgan fingerprint density at radius 1 is 1.26 bits per heavy atom. The van der Waals surface area contributed by atoms with E-state index in [4.69, 9.17) is 27.9 Å². The van der Waals surface area contributed by atoms with Crippen molar-refractivity contribution in [2.24, 2.45) is 0 Å². The first-order valence-electron chi connectivity index (χ1n) is 8.19. The molecule has 0 bridgehead atoms. The minimum absolute atomic E-state index is 0.217. The summed E-state index contributed by atoms with van der Waals surface area (Å²) in [6.45, 7) is 1.26. The maximum atomic E-state index is 13.4. The molecular weight excluding hydrogens is 391 g/mol. The van der Waals surface area contributed by atoms with E-state index in [9.17, 15) is 14.4 Å². The number of amides is 3. The number of ether oxygens (including phenoxy) is 1. The smallest absolute Gasteiger partial charge is 0.333 e. The van der Waals surface area contributed by atoms with Gasteiger partial charge in [-0.2, -0.15) is 0 Å². The number of methoxy groups -OCH3 is 1. The Hall–Kier alpha value is -2.31. The van der Waals surface area contributed by atoms with E-state index in [0.717, 1.165) is 4.90 Å². The molecule has 1 aliphatic heterocycles. The van der Waals surface area contributed by atoms with Gasteiger partial charge >= 0.3 is 12.0 Å². The highest BCUT2D eigenvalue weighted by Crippen LogP contribution is 2.40. The Labute approximate surface area is 167 Å². The Kier molecular flexibility index (Phi) is 5.31. The van der Waals surface area contributed by atoms with Crippen LogP contribution in [0.3, 0.4) is 0 Å². The molecule has 141 valence electrons. The topological polar surface area (TPSA) is 66.9 Å². The second kappa shape index (κ2) is 7.37. The fraction of sp³-hybridized carbons (Fsp3) is 0.263. The first kappa shape index (κ1) is 19.5. The quantitative estimate of drug-likeness (QED) is 0.562. The van der Waals surface area contributed by atoms with Gasteiger partial charge in [0.05, 0.1) is 22.8 Å². The molecule has 1 aromatic rings. The number of nitrogens with zero attached hydrogens (tertiary/aromatic N) is 2. The Bertz CT molecular complexity index is 880. The average Bonchev–Trinajstić information content (AvgIpc) is 2.86. The number of urea groups is 1. The van der Waals surface area contributed by atoms with Crippen molar-refractivity contribution in [2.45, 2.75) is 18.9 Å². The lowest BCUT2D eigenvalue weighted by atomic mass is 9.86. The molecule has 3 amide bonds. The van der Waals surface area contributed by atoms with Crippen LogP contribution in [0.25, 0.3) is 0 Å². The summed E-state index contributed by atoms with van der Waals surface area (Å²) in [5.74, 6) is -1.10. The summed E-state index contributed by atoms with van der Waals surface area (Å²) in [7, 11) is 1.23. The van der Waals surface area contributed by atoms with Gasteiger partial charge in [-0.05, 0) is 43.5 Å². The second-order valence-corrected chi connectivity index (χ2v) is 7.06. The predicted octanol–water partition coefficient (Wildman–Crippen LogP) is 3.78. The average molecular weight is 408 g/mol. The van der Waals surface area contributed by atoms with Crippen LogP contribution in [-0.4, -0.2) is 42.0 Å². The number of halogens is 2. The van der Waals surface area contributed by atoms with Crippen molar-refractivity contribution in [1.82, 2.24) is 4.90 Å². The lowest BCUT2D eigenvalue weighted by Crippen LogP contribution is -2.50. The Balaban J connectivity index is 2.10. The van der Waals surface area contributed by atoms with Gasteiger partial charge in [-0.3, -0.25) is 14.5 Å². The van der Waals surface area contributed by atoms with Crippen LogP contribution < -0.4 is 4.90 Å². The summed E-state index contributed by atoms with van der Waals surface area (Å²) in [5.41, 5.74) is -0.429. The summed E-state index contributed by atoms with van der Waals surface area (Å²) in [6, 6.07) is 3.86. The summed E-state index contributed by atoms with van der Waals surface area (Å²) in [5, 5.41) is 0.524. The number of benzene rings is 1. The largest absolute Gasteiger partial charge is 0.468 e. The monoisotopic (exact) mass is 407 g/mol. The highest BCUT2D eigenvalue weighted by molar-refractivity contribution is 6.42. The lowest BCUT2D eigenvalue weighted by molar-refractivity contribution is -0.142. The first-order chi connectivity index (χ1) is 12.8. The molecule has 3 rings (SSSR count). The number of hydrogen-bond acceptors (Lipinski definition) is 4. The predicted molar refractivity (Wildman–Crippen MR) is 103 cm³/mol. The minimum atomic E-state index is -1.35. The maximum Gasteiger partial charge on any atom is 0.333 e. The number of rotatable bonds is 4. The number of allylic oxidation sites excluding steroid dienone is 2. The molecule has 1 saturated heterocycles. The zero-order chi connectivity index (χ0) is 19.8. The van der Waals surface area contributed by atoms with Gasteiger partial charge in [-0.15, -0.1) is 0 Å². The van der Waals surface area contributed by atoms with Gasteiger partial charge in [-0.25, -0.2) is 9.69 Å². The van der Waals surface area contributed by atoms with Crippen molar-refractivity contribution in [3.63, 3.8) is 0 Å². The van der Waals surface area contributed by atoms with E-state index in [1.54, 1.807) is 13.0 Å². The van der Waals surface area contributed by atoms with Crippen LogP contribution in [0.4, 0.5) is 10.5 Å². The van der Waals surface area contributed by atoms with Crippen LogP contribution in [0.2, 0.25) is 10.0 Å². The maximum absolute atomic E-state index is 13.4. The molecule has 1 aromatic carbocycles. The minimum Gasteiger partial charge on any atom is -0.468 e. The van der Waals surface area contributed by atoms with E-state index in [2.05, 4.69) is 0 Å². The number of anilines is 1. The van der Waals surface area contributed by atoms with E-state index in [-0.39, 0.29) is 17.3 Å². The molecular formula is C19H17Cl2N2O4. The lowest BCUT2D eigenvalue weighted by Gasteiger charge is -2.32. The van der Waals surface area contributed by atoms with E-state index >= 15 is 0 Å². The molecule has 0 aromatic heterocycles. The number of carbonyl (C=O) groups is 3. The molecule has 0 spiro atoms. The van der Waals surface area contributed by atoms with Gasteiger partial charge in [0.2, 0.25) is 0 Å². The van der Waals surface area contributed by atoms with Crippen molar-refractivity contribution in [2.75, 3.05) is 18.6 Å². The Morgan fingerprint density at radius 3 is 2.59 bits per heavy atom. The highest BCUT2D eigenvalue weighted by Gasteiger charge is 2.57. The van der Waals surface area contributed by atoms with Gasteiger partial charge in [0.25, 0.3) is 5.91 Å². The Morgan fingerprint density at radius 2 is 2.00 bits per heavy atom. The molecule has 1 aliphatic carbocycles. The van der Waals surface area contributed by atoms with Crippen LogP contribution in [0.1, 0.15) is 13.3 Å². The SMILES string of the molecule is COC(=O)CN1C(=O)N(c2ccc(Cl)c(Cl)c2)C(=O)C1(C)C1=CC[CH]C=C1. The molecule has 0 saturated carbocycles. The van der Waals surface area contributed by atoms with Gasteiger partial charge in [-0.1, -0.05) is 41.4 Å². The van der Waals surface area contributed by atoms with E-state index < -0.39 is 23.4 Å². The van der Waals surface area contributed by atoms with Gasteiger partial charge in [0.1, 0.15) is 12.1 Å². The van der Waals surface area contributed by atoms with Crippen LogP contribution in [0.5, 0.6) is 0 Å². The summed E-state index contributed by atoms with van der Waals surface area (Å²) < 4.78 is 4.71. The van der Waals surface area contributed by atoms with Crippen molar-refractivity contribution >= 4 is 46.8 Å². The first-order valence-corrected chi connectivity index (χ1v) is 8.95. The summed E-state index contributed by atoms with van der Waals surface area (Å²) in [4.78, 5) is 40.6. The molecule has 6 nitrogen and oxygen atoms in total. The van der Waals surface area contributed by atoms with E-state index in [1.807, 2.05) is 18.6 Å². The van der Waals surface area contributed by atoms with Crippen LogP contribution in [-0.2, 0) is 14.3 Å². The normalized spacial score (nSPS) is 22.3. The standard InChI is InChI=1S/C19H17Cl2N2O4/c1-19(12-6-4-3-5-7-12)17(25)23(13-8-9-14(20)15(21)10-13)18(26)22(19)11-16(24)27-2/h3-4,6-10H,5,11H2,1-2H3.